The van der Waals surface area contributed by atoms with Crippen molar-refractivity contribution >= 4 is 17.9 Å². The molecular weight excluding hydrogens is 764 g/mol. The van der Waals surface area contributed by atoms with Gasteiger partial charge in [0.25, 0.3) is 0 Å². The number of aliphatic hydroxyl groups excluding tert-OH is 2. The lowest BCUT2D eigenvalue weighted by Gasteiger charge is -2.60. The zero-order valence-corrected chi connectivity index (χ0v) is 35.1. The first-order chi connectivity index (χ1) is 29.0. The van der Waals surface area contributed by atoms with Crippen LogP contribution in [0.4, 0.5) is 4.39 Å². The molecule has 0 spiro atoms. The van der Waals surface area contributed by atoms with Crippen molar-refractivity contribution in [2.45, 2.75) is 108 Å². The van der Waals surface area contributed by atoms with Crippen LogP contribution in [-0.2, 0) is 20.9 Å². The summed E-state index contributed by atoms with van der Waals surface area (Å²) < 4.78 is 35.2. The van der Waals surface area contributed by atoms with Gasteiger partial charge in [-0.3, -0.25) is 9.59 Å². The standard InChI is InChI=1S/C49H59FN2O8/c1-5-25-57-49-44(52(47(56)34-17-18-34)30-32-15-19-36(50)20-16-32)29-42(51-60-48(2,3)4)40-27-35(12-6-8-23-53)39(14-7-9-24-54)45(46(40)49)41-28-38(21-22-43(41)59-49)58-37-13-10-11-33(26-37)31-55/h5,10-11,13,15-16,19-22,26-28,31,34-35,39,44-46,53-54H,1,6-9,12,14,17-18,23-25,29-30H2,2-4H3. The van der Waals surface area contributed by atoms with Gasteiger partial charge in [-0.1, -0.05) is 54.4 Å². The fourth-order valence-electron chi connectivity index (χ4n) is 9.38. The van der Waals surface area contributed by atoms with E-state index in [1.54, 1.807) is 36.4 Å². The number of halogens is 1. The molecule has 4 aliphatic rings. The van der Waals surface area contributed by atoms with Gasteiger partial charge in [0.05, 0.1) is 18.2 Å². The maximum atomic E-state index is 14.7. The molecule has 0 radical (unpaired) electrons. The molecule has 0 aromatic heterocycles. The molecule has 6 unspecified atom stereocenters. The monoisotopic (exact) mass is 822 g/mol. The number of benzene rings is 3. The number of allylic oxidation sites excluding steroid dienone is 1. The lowest BCUT2D eigenvalue weighted by molar-refractivity contribution is -0.258. The SMILES string of the molecule is C=CCOC12Oc3ccc(Oc4cccc(C=O)c4)cc3C3C(CCCCO)C(CCCCO)C=C(C(=NOC(C)(C)C)CC1N(Cc1ccc(F)cc1)C(=O)C1CC1)C32. The minimum Gasteiger partial charge on any atom is -0.459 e. The van der Waals surface area contributed by atoms with Gasteiger partial charge in [0.15, 0.2) is 0 Å². The highest BCUT2D eigenvalue weighted by atomic mass is 19.1. The molecule has 1 heterocycles. The highest BCUT2D eigenvalue weighted by molar-refractivity contribution is 6.03. The molecule has 1 amide bonds. The molecule has 60 heavy (non-hydrogen) atoms. The number of nitrogens with zero attached hydrogens (tertiary/aromatic N) is 2. The first-order valence-corrected chi connectivity index (χ1v) is 21.5. The fraction of sp³-hybridized carbons (Fsp3) is 0.490. The number of aliphatic hydroxyl groups is 2. The normalized spacial score (nSPS) is 25.0. The second-order valence-electron chi connectivity index (χ2n) is 17.6. The molecule has 6 atom stereocenters. The van der Waals surface area contributed by atoms with Crippen LogP contribution in [0.25, 0.3) is 0 Å². The van der Waals surface area contributed by atoms with Gasteiger partial charge in [-0.25, -0.2) is 4.39 Å². The third kappa shape index (κ3) is 9.54. The number of carbonyl (C=O) groups excluding carboxylic acids is 2. The van der Waals surface area contributed by atoms with Crippen LogP contribution in [0, 0.1) is 29.5 Å². The number of fused-ring (bicyclic) bond motifs is 2. The van der Waals surface area contributed by atoms with Crippen molar-refractivity contribution in [2.75, 3.05) is 19.8 Å². The van der Waals surface area contributed by atoms with E-state index < -0.39 is 23.3 Å². The summed E-state index contributed by atoms with van der Waals surface area (Å²) in [6.45, 7) is 10.4. The number of oxime groups is 1. The van der Waals surface area contributed by atoms with E-state index in [9.17, 15) is 24.2 Å². The summed E-state index contributed by atoms with van der Waals surface area (Å²) >= 11 is 0. The second kappa shape index (κ2) is 18.8. The highest BCUT2D eigenvalue weighted by Gasteiger charge is 2.66. The average Bonchev–Trinajstić information content (AvgIpc) is 4.09. The Kier molecular flexibility index (Phi) is 13.6. The topological polar surface area (TPSA) is 127 Å². The Hall–Kier alpha value is -4.84. The van der Waals surface area contributed by atoms with Crippen molar-refractivity contribution in [3.63, 3.8) is 0 Å². The molecule has 2 N–H and O–H groups in total. The predicted octanol–water partition coefficient (Wildman–Crippen LogP) is 9.30. The molecule has 11 heteroatoms. The van der Waals surface area contributed by atoms with E-state index in [0.717, 1.165) is 61.5 Å². The van der Waals surface area contributed by atoms with Gasteiger partial charge in [0.1, 0.15) is 41.0 Å². The molecule has 0 saturated heterocycles. The van der Waals surface area contributed by atoms with Gasteiger partial charge in [0.2, 0.25) is 11.7 Å². The number of aldehydes is 1. The predicted molar refractivity (Wildman–Crippen MR) is 227 cm³/mol. The van der Waals surface area contributed by atoms with Crippen molar-refractivity contribution < 1.29 is 43.2 Å². The van der Waals surface area contributed by atoms with Crippen LogP contribution in [0.3, 0.4) is 0 Å². The van der Waals surface area contributed by atoms with Gasteiger partial charge in [-0.05, 0) is 125 Å². The maximum absolute atomic E-state index is 14.7. The number of hydrogen-bond acceptors (Lipinski definition) is 9. The smallest absolute Gasteiger partial charge is 0.239 e. The third-order valence-corrected chi connectivity index (χ3v) is 12.2. The van der Waals surface area contributed by atoms with Crippen molar-refractivity contribution in [3.8, 4) is 17.2 Å². The molecule has 10 nitrogen and oxygen atoms in total. The summed E-state index contributed by atoms with van der Waals surface area (Å²) in [5, 5.41) is 24.8. The summed E-state index contributed by atoms with van der Waals surface area (Å²) in [4.78, 5) is 34.5. The quantitative estimate of drug-likeness (QED) is 0.0531. The fourth-order valence-corrected chi connectivity index (χ4v) is 9.38. The van der Waals surface area contributed by atoms with E-state index in [2.05, 4.69) is 12.7 Å². The molecular formula is C49H59FN2O8. The Morgan fingerprint density at radius 1 is 1.00 bits per heavy atom. The van der Waals surface area contributed by atoms with Crippen molar-refractivity contribution in [1.29, 1.82) is 0 Å². The highest BCUT2D eigenvalue weighted by Crippen LogP contribution is 2.62. The summed E-state index contributed by atoms with van der Waals surface area (Å²) in [5.74, 6) is -0.895. The van der Waals surface area contributed by atoms with Crippen LogP contribution in [-0.4, -0.2) is 70.3 Å². The zero-order valence-electron chi connectivity index (χ0n) is 35.1. The molecule has 0 bridgehead atoms. The van der Waals surface area contributed by atoms with Crippen LogP contribution < -0.4 is 9.47 Å². The molecule has 3 aromatic rings. The summed E-state index contributed by atoms with van der Waals surface area (Å²) in [6.07, 6.45) is 11.1. The van der Waals surface area contributed by atoms with E-state index in [4.69, 9.17) is 24.2 Å². The minimum absolute atomic E-state index is 0.0149. The number of unbranched alkanes of at least 4 members (excludes halogenated alkanes) is 2. The molecule has 3 aromatic carbocycles. The van der Waals surface area contributed by atoms with Crippen molar-refractivity contribution in [2.24, 2.45) is 28.8 Å². The van der Waals surface area contributed by atoms with E-state index in [1.165, 1.54) is 12.1 Å². The number of amides is 1. The van der Waals surface area contributed by atoms with Gasteiger partial charge in [-0.15, -0.1) is 6.58 Å². The minimum atomic E-state index is -1.42. The molecule has 7 rings (SSSR count). The number of carbonyl (C=O) groups is 2. The molecule has 320 valence electrons. The molecule has 2 saturated carbocycles. The van der Waals surface area contributed by atoms with Gasteiger partial charge >= 0.3 is 0 Å². The number of hydrogen-bond donors (Lipinski definition) is 2. The van der Waals surface area contributed by atoms with E-state index >= 15 is 0 Å². The average molecular weight is 823 g/mol. The molecule has 2 fully saturated rings. The van der Waals surface area contributed by atoms with Crippen molar-refractivity contribution in [3.05, 3.63) is 114 Å². The van der Waals surface area contributed by atoms with Gasteiger partial charge in [0, 0.05) is 49.1 Å². The lowest BCUT2D eigenvalue weighted by atomic mass is 9.55. The van der Waals surface area contributed by atoms with Crippen LogP contribution in [0.1, 0.15) is 106 Å². The Labute approximate surface area is 353 Å². The Morgan fingerprint density at radius 3 is 2.42 bits per heavy atom. The summed E-state index contributed by atoms with van der Waals surface area (Å²) in [5.41, 5.74) is 3.23. The summed E-state index contributed by atoms with van der Waals surface area (Å²) in [7, 11) is 0. The van der Waals surface area contributed by atoms with Crippen LogP contribution in [0.5, 0.6) is 17.2 Å². The largest absolute Gasteiger partial charge is 0.459 e. The molecule has 3 aliphatic carbocycles. The first kappa shape index (κ1) is 43.3. The summed E-state index contributed by atoms with van der Waals surface area (Å²) in [6, 6.07) is 18.4. The number of ether oxygens (including phenoxy) is 3. The zero-order chi connectivity index (χ0) is 42.4. The Morgan fingerprint density at radius 2 is 1.73 bits per heavy atom. The Balaban J connectivity index is 1.46. The third-order valence-electron chi connectivity index (χ3n) is 12.2. The first-order valence-electron chi connectivity index (χ1n) is 21.5. The van der Waals surface area contributed by atoms with E-state index in [-0.39, 0.29) is 68.2 Å². The van der Waals surface area contributed by atoms with Gasteiger partial charge < -0.3 is 34.2 Å². The van der Waals surface area contributed by atoms with E-state index in [1.807, 2.05) is 49.9 Å². The maximum Gasteiger partial charge on any atom is 0.239 e. The Bertz CT molecular complexity index is 2060. The van der Waals surface area contributed by atoms with Gasteiger partial charge in [-0.2, -0.15) is 0 Å². The second-order valence-corrected chi connectivity index (χ2v) is 17.6. The lowest BCUT2D eigenvalue weighted by Crippen LogP contribution is -2.70. The number of rotatable bonds is 19. The van der Waals surface area contributed by atoms with Crippen LogP contribution in [0.2, 0.25) is 0 Å². The van der Waals surface area contributed by atoms with Crippen molar-refractivity contribution in [1.82, 2.24) is 4.90 Å². The van der Waals surface area contributed by atoms with Crippen LogP contribution >= 0.6 is 0 Å². The van der Waals surface area contributed by atoms with E-state index in [0.29, 0.717) is 41.4 Å². The molecule has 1 aliphatic heterocycles. The van der Waals surface area contributed by atoms with Crippen LogP contribution in [0.15, 0.2) is 96.2 Å².